The Kier molecular flexibility index (Phi) is 7.03. The van der Waals surface area contributed by atoms with E-state index in [9.17, 15) is 13.2 Å². The van der Waals surface area contributed by atoms with Crippen LogP contribution in [0.3, 0.4) is 0 Å². The summed E-state index contributed by atoms with van der Waals surface area (Å²) in [5, 5.41) is 0. The lowest BCUT2D eigenvalue weighted by molar-refractivity contribution is -0.136. The predicted molar refractivity (Wildman–Crippen MR) is 57.8 cm³/mol. The van der Waals surface area contributed by atoms with Crippen LogP contribution in [0.25, 0.3) is 0 Å². The van der Waals surface area contributed by atoms with Gasteiger partial charge in [-0.3, -0.25) is 0 Å². The number of halogens is 3. The van der Waals surface area contributed by atoms with Gasteiger partial charge in [-0.1, -0.05) is 40.0 Å². The van der Waals surface area contributed by atoms with Crippen LogP contribution in [-0.2, 0) is 0 Å². The van der Waals surface area contributed by atoms with Gasteiger partial charge in [-0.15, -0.1) is 0 Å². The van der Waals surface area contributed by atoms with Gasteiger partial charge in [0.05, 0.1) is 0 Å². The molecule has 0 aromatic rings. The summed E-state index contributed by atoms with van der Waals surface area (Å²) in [4.78, 5) is 0. The van der Waals surface area contributed by atoms with Crippen LogP contribution in [0.1, 0.15) is 59.3 Å². The van der Waals surface area contributed by atoms with E-state index in [0.29, 0.717) is 11.8 Å². The highest BCUT2D eigenvalue weighted by molar-refractivity contribution is 4.64. The molecule has 0 N–H and O–H groups in total. The summed E-state index contributed by atoms with van der Waals surface area (Å²) in [7, 11) is 0. The van der Waals surface area contributed by atoms with Crippen LogP contribution in [0.15, 0.2) is 0 Å². The Morgan fingerprint density at radius 2 is 1.53 bits per heavy atom. The molecule has 92 valence electrons. The van der Waals surface area contributed by atoms with Crippen molar-refractivity contribution in [3.05, 3.63) is 0 Å². The largest absolute Gasteiger partial charge is 0.389 e. The number of rotatable bonds is 7. The van der Waals surface area contributed by atoms with E-state index in [1.165, 1.54) is 0 Å². The first-order valence-electron chi connectivity index (χ1n) is 5.93. The van der Waals surface area contributed by atoms with Gasteiger partial charge in [0.15, 0.2) is 0 Å². The van der Waals surface area contributed by atoms with Crippen molar-refractivity contribution in [2.24, 2.45) is 11.8 Å². The van der Waals surface area contributed by atoms with Crippen LogP contribution in [0.2, 0.25) is 0 Å². The van der Waals surface area contributed by atoms with Crippen LogP contribution in [0.5, 0.6) is 0 Å². The van der Waals surface area contributed by atoms with E-state index in [-0.39, 0.29) is 6.42 Å². The summed E-state index contributed by atoms with van der Waals surface area (Å²) in [5.41, 5.74) is 0. The highest BCUT2D eigenvalue weighted by Crippen LogP contribution is 2.28. The molecule has 0 spiro atoms. The van der Waals surface area contributed by atoms with Crippen molar-refractivity contribution in [2.45, 2.75) is 65.5 Å². The van der Waals surface area contributed by atoms with Gasteiger partial charge in [-0.05, 0) is 24.7 Å². The van der Waals surface area contributed by atoms with Gasteiger partial charge in [0.25, 0.3) is 0 Å². The molecule has 3 heteroatoms. The molecule has 0 heterocycles. The molecule has 0 radical (unpaired) electrons. The van der Waals surface area contributed by atoms with Gasteiger partial charge in [0.1, 0.15) is 0 Å². The Hall–Kier alpha value is -0.210. The first-order valence-corrected chi connectivity index (χ1v) is 5.93. The standard InChI is InChI=1S/C12H23F3/c1-4-5-7-11(10(2)3)8-6-9-12(13,14)15/h10-11H,4-9H2,1-3H3. The molecule has 1 atom stereocenters. The fraction of sp³-hybridized carbons (Fsp3) is 1.00. The van der Waals surface area contributed by atoms with Gasteiger partial charge >= 0.3 is 6.18 Å². The maximum atomic E-state index is 12.0. The third kappa shape index (κ3) is 8.76. The van der Waals surface area contributed by atoms with Crippen molar-refractivity contribution < 1.29 is 13.2 Å². The molecule has 0 bridgehead atoms. The number of hydrogen-bond donors (Lipinski definition) is 0. The molecule has 0 aliphatic rings. The van der Waals surface area contributed by atoms with E-state index in [1.807, 2.05) is 0 Å². The lowest BCUT2D eigenvalue weighted by Gasteiger charge is -2.20. The summed E-state index contributed by atoms with van der Waals surface area (Å²) in [6, 6.07) is 0. The normalized spacial score (nSPS) is 14.6. The molecule has 15 heavy (non-hydrogen) atoms. The summed E-state index contributed by atoms with van der Waals surface area (Å²) >= 11 is 0. The zero-order valence-corrected chi connectivity index (χ0v) is 10.0. The minimum absolute atomic E-state index is 0.288. The number of unbranched alkanes of at least 4 members (excludes halogenated alkanes) is 1. The third-order valence-corrected chi connectivity index (χ3v) is 2.91. The summed E-state index contributed by atoms with van der Waals surface area (Å²) < 4.78 is 35.9. The topological polar surface area (TPSA) is 0 Å². The molecular weight excluding hydrogens is 201 g/mol. The van der Waals surface area contributed by atoms with Crippen LogP contribution in [0.4, 0.5) is 13.2 Å². The quantitative estimate of drug-likeness (QED) is 0.559. The molecule has 0 aliphatic carbocycles. The summed E-state index contributed by atoms with van der Waals surface area (Å²) in [6.07, 6.45) is -0.259. The monoisotopic (exact) mass is 224 g/mol. The van der Waals surface area contributed by atoms with E-state index < -0.39 is 12.6 Å². The molecule has 0 aromatic carbocycles. The lowest BCUT2D eigenvalue weighted by atomic mass is 9.86. The van der Waals surface area contributed by atoms with Crippen molar-refractivity contribution in [3.8, 4) is 0 Å². The Labute approximate surface area is 91.3 Å². The molecule has 0 aromatic heterocycles. The van der Waals surface area contributed by atoms with E-state index >= 15 is 0 Å². The Morgan fingerprint density at radius 1 is 1.00 bits per heavy atom. The minimum Gasteiger partial charge on any atom is -0.171 e. The fourth-order valence-corrected chi connectivity index (χ4v) is 1.84. The summed E-state index contributed by atoms with van der Waals surface area (Å²) in [6.45, 7) is 6.33. The first kappa shape index (κ1) is 14.8. The van der Waals surface area contributed by atoms with Crippen LogP contribution in [0, 0.1) is 11.8 Å². The molecule has 0 fully saturated rings. The zero-order valence-electron chi connectivity index (χ0n) is 10.0. The Morgan fingerprint density at radius 3 is 1.93 bits per heavy atom. The van der Waals surface area contributed by atoms with Crippen molar-refractivity contribution in [3.63, 3.8) is 0 Å². The van der Waals surface area contributed by atoms with E-state index in [1.54, 1.807) is 0 Å². The summed E-state index contributed by atoms with van der Waals surface area (Å²) in [5.74, 6) is 0.970. The van der Waals surface area contributed by atoms with Gasteiger partial charge in [-0.25, -0.2) is 0 Å². The molecule has 0 nitrogen and oxygen atoms in total. The Bertz CT molecular complexity index is 149. The van der Waals surface area contributed by atoms with E-state index in [4.69, 9.17) is 0 Å². The fourth-order valence-electron chi connectivity index (χ4n) is 1.84. The molecule has 0 rings (SSSR count). The zero-order chi connectivity index (χ0) is 11.9. The van der Waals surface area contributed by atoms with Crippen molar-refractivity contribution >= 4 is 0 Å². The average Bonchev–Trinajstić information content (AvgIpc) is 2.08. The maximum Gasteiger partial charge on any atom is 0.389 e. The number of alkyl halides is 3. The molecular formula is C12H23F3. The second-order valence-corrected chi connectivity index (χ2v) is 4.65. The van der Waals surface area contributed by atoms with Crippen LogP contribution < -0.4 is 0 Å². The van der Waals surface area contributed by atoms with Crippen molar-refractivity contribution in [1.82, 2.24) is 0 Å². The Balaban J connectivity index is 3.76. The minimum atomic E-state index is -3.98. The van der Waals surface area contributed by atoms with Gasteiger partial charge in [0.2, 0.25) is 0 Å². The van der Waals surface area contributed by atoms with Crippen LogP contribution >= 0.6 is 0 Å². The SMILES string of the molecule is CCCCC(CCCC(F)(F)F)C(C)C. The smallest absolute Gasteiger partial charge is 0.171 e. The molecule has 0 saturated heterocycles. The maximum absolute atomic E-state index is 12.0. The predicted octanol–water partition coefficient (Wildman–Crippen LogP) is 5.18. The lowest BCUT2D eigenvalue weighted by Crippen LogP contribution is -2.12. The number of hydrogen-bond acceptors (Lipinski definition) is 0. The molecule has 1 unspecified atom stereocenters. The highest BCUT2D eigenvalue weighted by atomic mass is 19.4. The van der Waals surface area contributed by atoms with Gasteiger partial charge < -0.3 is 0 Å². The van der Waals surface area contributed by atoms with Gasteiger partial charge in [0, 0.05) is 6.42 Å². The van der Waals surface area contributed by atoms with E-state index in [2.05, 4.69) is 20.8 Å². The first-order chi connectivity index (χ1) is 6.87. The van der Waals surface area contributed by atoms with Gasteiger partial charge in [-0.2, -0.15) is 13.2 Å². The third-order valence-electron chi connectivity index (χ3n) is 2.91. The molecule has 0 aliphatic heterocycles. The van der Waals surface area contributed by atoms with Crippen molar-refractivity contribution in [1.29, 1.82) is 0 Å². The molecule has 0 saturated carbocycles. The second-order valence-electron chi connectivity index (χ2n) is 4.65. The van der Waals surface area contributed by atoms with Crippen LogP contribution in [-0.4, -0.2) is 6.18 Å². The van der Waals surface area contributed by atoms with Crippen molar-refractivity contribution in [2.75, 3.05) is 0 Å². The highest BCUT2D eigenvalue weighted by Gasteiger charge is 2.26. The van der Waals surface area contributed by atoms with E-state index in [0.717, 1.165) is 25.7 Å². The average molecular weight is 224 g/mol. The molecule has 0 amide bonds. The second kappa shape index (κ2) is 7.13.